The fraction of sp³-hybridized carbons (Fsp3) is 0.400. The highest BCUT2D eigenvalue weighted by atomic mass is 16.5. The van der Waals surface area contributed by atoms with Gasteiger partial charge < -0.3 is 14.8 Å². The van der Waals surface area contributed by atoms with Crippen LogP contribution in [-0.2, 0) is 14.3 Å². The van der Waals surface area contributed by atoms with Crippen LogP contribution in [-0.4, -0.2) is 36.8 Å². The monoisotopic (exact) mass is 340 g/mol. The Balaban J connectivity index is 1.53. The molecule has 2 atom stereocenters. The maximum Gasteiger partial charge on any atom is 0.223 e. The second-order valence-corrected chi connectivity index (χ2v) is 6.15. The predicted molar refractivity (Wildman–Crippen MR) is 95.1 cm³/mol. The molecule has 1 fully saturated rings. The van der Waals surface area contributed by atoms with Crippen LogP contribution < -0.4 is 5.32 Å². The lowest BCUT2D eigenvalue weighted by atomic mass is 9.99. The van der Waals surface area contributed by atoms with Crippen LogP contribution in [0.25, 0.3) is 0 Å². The lowest BCUT2D eigenvalue weighted by Crippen LogP contribution is -2.30. The van der Waals surface area contributed by atoms with E-state index in [-0.39, 0.29) is 18.1 Å². The van der Waals surface area contributed by atoms with Crippen LogP contribution >= 0.6 is 0 Å². The number of nitrogens with zero attached hydrogens (tertiary/aromatic N) is 1. The standard InChI is InChI=1S/C20H24N2O3/c23-19(10-14-24-15-18-7-4-13-25-18)22-20(16-5-2-1-3-6-16)17-8-11-21-12-9-17/h1-3,5-6,8-9,11-12,18,20H,4,7,10,13-15H2,(H,22,23). The Kier molecular flexibility index (Phi) is 6.54. The number of hydrogen-bond acceptors (Lipinski definition) is 4. The minimum atomic E-state index is -0.185. The zero-order chi connectivity index (χ0) is 17.3. The first-order valence-electron chi connectivity index (χ1n) is 8.76. The molecule has 25 heavy (non-hydrogen) atoms. The van der Waals surface area contributed by atoms with Crippen molar-refractivity contribution in [2.45, 2.75) is 31.4 Å². The minimum Gasteiger partial charge on any atom is -0.378 e. The Morgan fingerprint density at radius 1 is 1.20 bits per heavy atom. The second kappa shape index (κ2) is 9.30. The summed E-state index contributed by atoms with van der Waals surface area (Å²) >= 11 is 0. The Hall–Kier alpha value is -2.24. The van der Waals surface area contributed by atoms with Crippen molar-refractivity contribution >= 4 is 5.91 Å². The molecule has 5 nitrogen and oxygen atoms in total. The minimum absolute atomic E-state index is 0.0296. The molecular formula is C20H24N2O3. The number of carbonyl (C=O) groups excluding carboxylic acids is 1. The lowest BCUT2D eigenvalue weighted by Gasteiger charge is -2.20. The summed E-state index contributed by atoms with van der Waals surface area (Å²) in [7, 11) is 0. The van der Waals surface area contributed by atoms with Gasteiger partial charge in [0, 0.05) is 25.4 Å². The molecule has 1 amide bonds. The molecule has 1 aromatic heterocycles. The van der Waals surface area contributed by atoms with Gasteiger partial charge in [0.15, 0.2) is 0 Å². The highest BCUT2D eigenvalue weighted by Crippen LogP contribution is 2.21. The molecule has 2 aromatic rings. The number of carbonyl (C=O) groups is 1. The predicted octanol–water partition coefficient (Wildman–Crippen LogP) is 2.87. The van der Waals surface area contributed by atoms with E-state index in [1.54, 1.807) is 12.4 Å². The molecule has 5 heteroatoms. The van der Waals surface area contributed by atoms with E-state index < -0.39 is 0 Å². The largest absolute Gasteiger partial charge is 0.378 e. The molecule has 0 spiro atoms. The van der Waals surface area contributed by atoms with Gasteiger partial charge in [-0.05, 0) is 36.1 Å². The van der Waals surface area contributed by atoms with E-state index in [9.17, 15) is 4.79 Å². The van der Waals surface area contributed by atoms with Crippen molar-refractivity contribution in [1.82, 2.24) is 10.3 Å². The van der Waals surface area contributed by atoms with Gasteiger partial charge >= 0.3 is 0 Å². The molecule has 3 rings (SSSR count). The summed E-state index contributed by atoms with van der Waals surface area (Å²) < 4.78 is 11.1. The smallest absolute Gasteiger partial charge is 0.223 e. The van der Waals surface area contributed by atoms with E-state index in [4.69, 9.17) is 9.47 Å². The van der Waals surface area contributed by atoms with Crippen LogP contribution in [0.2, 0.25) is 0 Å². The quantitative estimate of drug-likeness (QED) is 0.751. The third-order valence-corrected chi connectivity index (χ3v) is 4.28. The average Bonchev–Trinajstić information content (AvgIpc) is 3.18. The molecule has 2 unspecified atom stereocenters. The molecule has 1 aromatic carbocycles. The molecule has 1 N–H and O–H groups in total. The van der Waals surface area contributed by atoms with Gasteiger partial charge in [-0.3, -0.25) is 9.78 Å². The van der Waals surface area contributed by atoms with Crippen molar-refractivity contribution in [3.05, 3.63) is 66.0 Å². The van der Waals surface area contributed by atoms with Gasteiger partial charge in [0.2, 0.25) is 5.91 Å². The summed E-state index contributed by atoms with van der Waals surface area (Å²) in [4.78, 5) is 16.4. The zero-order valence-corrected chi connectivity index (χ0v) is 14.3. The molecule has 1 aliphatic heterocycles. The van der Waals surface area contributed by atoms with Crippen LogP contribution in [0.4, 0.5) is 0 Å². The van der Waals surface area contributed by atoms with Gasteiger partial charge in [0.25, 0.3) is 0 Å². The fourth-order valence-corrected chi connectivity index (χ4v) is 2.95. The van der Waals surface area contributed by atoms with Crippen molar-refractivity contribution in [3.63, 3.8) is 0 Å². The van der Waals surface area contributed by atoms with Crippen molar-refractivity contribution < 1.29 is 14.3 Å². The third-order valence-electron chi connectivity index (χ3n) is 4.28. The Bertz CT molecular complexity index is 603. The lowest BCUT2D eigenvalue weighted by molar-refractivity contribution is -0.123. The third kappa shape index (κ3) is 5.37. The van der Waals surface area contributed by atoms with Gasteiger partial charge in [-0.1, -0.05) is 30.3 Å². The van der Waals surface area contributed by atoms with Crippen molar-refractivity contribution in [2.75, 3.05) is 19.8 Å². The van der Waals surface area contributed by atoms with Crippen molar-refractivity contribution in [2.24, 2.45) is 0 Å². The van der Waals surface area contributed by atoms with Crippen LogP contribution in [0.5, 0.6) is 0 Å². The average molecular weight is 340 g/mol. The first-order chi connectivity index (χ1) is 12.3. The summed E-state index contributed by atoms with van der Waals surface area (Å²) in [6, 6.07) is 13.6. The van der Waals surface area contributed by atoms with Crippen molar-refractivity contribution in [1.29, 1.82) is 0 Å². The maximum absolute atomic E-state index is 12.4. The van der Waals surface area contributed by atoms with E-state index >= 15 is 0 Å². The van der Waals surface area contributed by atoms with Gasteiger partial charge in [0.1, 0.15) is 0 Å². The molecule has 0 radical (unpaired) electrons. The SMILES string of the molecule is O=C(CCOCC1CCCO1)NC(c1ccccc1)c1ccncc1. The Morgan fingerprint density at radius 2 is 1.96 bits per heavy atom. The van der Waals surface area contributed by atoms with Crippen LogP contribution in [0.15, 0.2) is 54.9 Å². The number of aromatic nitrogens is 1. The highest BCUT2D eigenvalue weighted by Gasteiger charge is 2.18. The first kappa shape index (κ1) is 17.6. The molecule has 1 saturated heterocycles. The van der Waals surface area contributed by atoms with Crippen LogP contribution in [0, 0.1) is 0 Å². The highest BCUT2D eigenvalue weighted by molar-refractivity contribution is 5.77. The van der Waals surface area contributed by atoms with E-state index in [1.165, 1.54) is 0 Å². The molecule has 1 aliphatic rings. The van der Waals surface area contributed by atoms with Gasteiger partial charge in [0.05, 0.1) is 25.4 Å². The topological polar surface area (TPSA) is 60.5 Å². The summed E-state index contributed by atoms with van der Waals surface area (Å²) in [5, 5.41) is 3.10. The number of ether oxygens (including phenoxy) is 2. The molecule has 0 saturated carbocycles. The van der Waals surface area contributed by atoms with E-state index in [0.717, 1.165) is 30.6 Å². The number of nitrogens with one attached hydrogen (secondary N) is 1. The van der Waals surface area contributed by atoms with Gasteiger partial charge in [-0.15, -0.1) is 0 Å². The summed E-state index contributed by atoms with van der Waals surface area (Å²) in [5.74, 6) is -0.0296. The van der Waals surface area contributed by atoms with E-state index in [0.29, 0.717) is 19.6 Å². The second-order valence-electron chi connectivity index (χ2n) is 6.15. The van der Waals surface area contributed by atoms with Gasteiger partial charge in [-0.25, -0.2) is 0 Å². The maximum atomic E-state index is 12.4. The number of amides is 1. The van der Waals surface area contributed by atoms with Crippen molar-refractivity contribution in [3.8, 4) is 0 Å². The first-order valence-corrected chi connectivity index (χ1v) is 8.76. The number of pyridine rings is 1. The zero-order valence-electron chi connectivity index (χ0n) is 14.3. The number of hydrogen-bond donors (Lipinski definition) is 1. The van der Waals surface area contributed by atoms with Gasteiger partial charge in [-0.2, -0.15) is 0 Å². The molecule has 132 valence electrons. The summed E-state index contributed by atoms with van der Waals surface area (Å²) in [6.45, 7) is 1.79. The van der Waals surface area contributed by atoms with Crippen LogP contribution in [0.3, 0.4) is 0 Å². The molecule has 0 bridgehead atoms. The number of benzene rings is 1. The molecular weight excluding hydrogens is 316 g/mol. The summed E-state index contributed by atoms with van der Waals surface area (Å²) in [5.41, 5.74) is 2.05. The Morgan fingerprint density at radius 3 is 2.68 bits per heavy atom. The van der Waals surface area contributed by atoms with E-state index in [1.807, 2.05) is 42.5 Å². The normalized spacial score (nSPS) is 18.0. The van der Waals surface area contributed by atoms with E-state index in [2.05, 4.69) is 10.3 Å². The molecule has 2 heterocycles. The fourth-order valence-electron chi connectivity index (χ4n) is 2.95. The molecule has 0 aliphatic carbocycles. The number of rotatable bonds is 8. The Labute approximate surface area is 148 Å². The summed E-state index contributed by atoms with van der Waals surface area (Å²) in [6.07, 6.45) is 6.14. The van der Waals surface area contributed by atoms with Crippen LogP contribution in [0.1, 0.15) is 36.4 Å².